The first-order valence-corrected chi connectivity index (χ1v) is 8.23. The smallest absolute Gasteiger partial charge is 0.159 e. The highest BCUT2D eigenvalue weighted by Crippen LogP contribution is 2.19. The van der Waals surface area contributed by atoms with E-state index in [9.17, 15) is 22.3 Å². The van der Waals surface area contributed by atoms with Crippen molar-refractivity contribution in [2.24, 2.45) is 0 Å². The van der Waals surface area contributed by atoms with Gasteiger partial charge in [0.05, 0.1) is 11.9 Å². The summed E-state index contributed by atoms with van der Waals surface area (Å²) in [6, 6.07) is 2.30. The molecule has 3 unspecified atom stereocenters. The molecule has 0 spiro atoms. The fourth-order valence-electron chi connectivity index (χ4n) is 2.03. The van der Waals surface area contributed by atoms with E-state index in [0.29, 0.717) is 0 Å². The minimum Gasteiger partial charge on any atom is -0.387 e. The predicted molar refractivity (Wildman–Crippen MR) is 73.1 cm³/mol. The Labute approximate surface area is 117 Å². The minimum atomic E-state index is -3.13. The number of nitrogens with one attached hydrogen (secondary N) is 1. The summed E-state index contributed by atoms with van der Waals surface area (Å²) < 4.78 is 48.2. The van der Waals surface area contributed by atoms with Gasteiger partial charge in [-0.15, -0.1) is 0 Å². The summed E-state index contributed by atoms with van der Waals surface area (Å²) in [7, 11) is -3.13. The van der Waals surface area contributed by atoms with Gasteiger partial charge in [0.1, 0.15) is 9.84 Å². The van der Waals surface area contributed by atoms with Crippen molar-refractivity contribution in [3.63, 3.8) is 0 Å². The lowest BCUT2D eigenvalue weighted by Crippen LogP contribution is -2.41. The third kappa shape index (κ3) is 5.15. The Kier molecular flexibility index (Phi) is 5.61. The second-order valence-corrected chi connectivity index (χ2v) is 7.25. The Hall–Kier alpha value is -1.05. The summed E-state index contributed by atoms with van der Waals surface area (Å²) >= 11 is 0. The van der Waals surface area contributed by atoms with Crippen molar-refractivity contribution in [2.45, 2.75) is 32.0 Å². The summed E-state index contributed by atoms with van der Waals surface area (Å²) in [5.41, 5.74) is 0.232. The fourth-order valence-corrected chi connectivity index (χ4v) is 3.03. The molecule has 2 N–H and O–H groups in total. The molecule has 0 bridgehead atoms. The van der Waals surface area contributed by atoms with Gasteiger partial charge in [-0.25, -0.2) is 17.2 Å². The molecule has 7 heteroatoms. The Morgan fingerprint density at radius 2 is 1.85 bits per heavy atom. The molecule has 0 aromatic heterocycles. The number of aliphatic hydroxyl groups is 1. The molecule has 114 valence electrons. The maximum absolute atomic E-state index is 13.1. The van der Waals surface area contributed by atoms with Crippen LogP contribution in [0.25, 0.3) is 0 Å². The maximum atomic E-state index is 13.1. The van der Waals surface area contributed by atoms with Crippen molar-refractivity contribution >= 4 is 9.84 Å². The molecule has 0 aliphatic rings. The number of aliphatic hydroxyl groups excluding tert-OH is 1. The first-order chi connectivity index (χ1) is 9.10. The van der Waals surface area contributed by atoms with Gasteiger partial charge in [0.2, 0.25) is 0 Å². The summed E-state index contributed by atoms with van der Waals surface area (Å²) in [6.07, 6.45) is 0.0638. The summed E-state index contributed by atoms with van der Waals surface area (Å²) in [6.45, 7) is 3.32. The Balaban J connectivity index is 2.71. The molecule has 1 aromatic carbocycles. The molecule has 0 radical (unpaired) electrons. The molecular weight excluding hydrogens is 288 g/mol. The second kappa shape index (κ2) is 6.60. The number of hydrogen-bond acceptors (Lipinski definition) is 4. The molecule has 0 fully saturated rings. The van der Waals surface area contributed by atoms with E-state index in [0.717, 1.165) is 18.4 Å². The SMILES string of the molecule is CC(CS(C)(=O)=O)NC(C)C(O)c1ccc(F)c(F)c1. The van der Waals surface area contributed by atoms with Gasteiger partial charge in [0, 0.05) is 18.3 Å². The molecule has 0 saturated heterocycles. The number of hydrogen-bond donors (Lipinski definition) is 2. The van der Waals surface area contributed by atoms with Gasteiger partial charge in [-0.3, -0.25) is 0 Å². The van der Waals surface area contributed by atoms with E-state index in [4.69, 9.17) is 0 Å². The number of rotatable bonds is 6. The zero-order valence-electron chi connectivity index (χ0n) is 11.6. The molecule has 0 amide bonds. The Morgan fingerprint density at radius 1 is 1.25 bits per heavy atom. The molecular formula is C13H19F2NO3S. The Morgan fingerprint density at radius 3 is 2.35 bits per heavy atom. The van der Waals surface area contributed by atoms with Crippen LogP contribution in [0.2, 0.25) is 0 Å². The van der Waals surface area contributed by atoms with Crippen molar-refractivity contribution < 1.29 is 22.3 Å². The second-order valence-electron chi connectivity index (χ2n) is 5.07. The molecule has 0 aliphatic heterocycles. The van der Waals surface area contributed by atoms with E-state index in [1.54, 1.807) is 13.8 Å². The highest BCUT2D eigenvalue weighted by atomic mass is 32.2. The van der Waals surface area contributed by atoms with Crippen molar-refractivity contribution in [1.29, 1.82) is 0 Å². The van der Waals surface area contributed by atoms with Crippen LogP contribution in [0.4, 0.5) is 8.78 Å². The van der Waals surface area contributed by atoms with Crippen LogP contribution in [0.1, 0.15) is 25.5 Å². The van der Waals surface area contributed by atoms with Gasteiger partial charge in [0.25, 0.3) is 0 Å². The van der Waals surface area contributed by atoms with Crippen molar-refractivity contribution in [1.82, 2.24) is 5.32 Å². The molecule has 0 aliphatic carbocycles. The highest BCUT2D eigenvalue weighted by Gasteiger charge is 2.21. The maximum Gasteiger partial charge on any atom is 0.159 e. The van der Waals surface area contributed by atoms with Crippen LogP contribution in [0, 0.1) is 11.6 Å². The summed E-state index contributed by atoms with van der Waals surface area (Å²) in [4.78, 5) is 0. The van der Waals surface area contributed by atoms with Crippen LogP contribution in [0.3, 0.4) is 0 Å². The minimum absolute atomic E-state index is 0.0676. The third-order valence-electron chi connectivity index (χ3n) is 2.86. The van der Waals surface area contributed by atoms with Crippen LogP contribution in [0.15, 0.2) is 18.2 Å². The Bertz CT molecular complexity index is 563. The van der Waals surface area contributed by atoms with Gasteiger partial charge >= 0.3 is 0 Å². The molecule has 1 aromatic rings. The highest BCUT2D eigenvalue weighted by molar-refractivity contribution is 7.90. The molecule has 0 heterocycles. The largest absolute Gasteiger partial charge is 0.387 e. The van der Waals surface area contributed by atoms with Gasteiger partial charge in [-0.2, -0.15) is 0 Å². The fraction of sp³-hybridized carbons (Fsp3) is 0.538. The van der Waals surface area contributed by atoms with Crippen LogP contribution < -0.4 is 5.32 Å². The van der Waals surface area contributed by atoms with E-state index in [1.165, 1.54) is 6.07 Å². The van der Waals surface area contributed by atoms with Crippen molar-refractivity contribution in [3.8, 4) is 0 Å². The van der Waals surface area contributed by atoms with Crippen LogP contribution in [-0.2, 0) is 9.84 Å². The average molecular weight is 307 g/mol. The lowest BCUT2D eigenvalue weighted by molar-refractivity contribution is 0.131. The van der Waals surface area contributed by atoms with E-state index in [-0.39, 0.29) is 17.4 Å². The normalized spacial score (nSPS) is 16.7. The molecule has 4 nitrogen and oxygen atoms in total. The standard InChI is InChI=1S/C13H19F2NO3S/c1-8(7-20(3,18)19)16-9(2)13(17)10-4-5-11(14)12(15)6-10/h4-6,8-9,13,16-17H,7H2,1-3H3. The van der Waals surface area contributed by atoms with Crippen molar-refractivity contribution in [3.05, 3.63) is 35.4 Å². The summed E-state index contributed by atoms with van der Waals surface area (Å²) in [5.74, 6) is -2.08. The molecule has 3 atom stereocenters. The average Bonchev–Trinajstić information content (AvgIpc) is 2.29. The van der Waals surface area contributed by atoms with E-state index < -0.39 is 33.6 Å². The first-order valence-electron chi connectivity index (χ1n) is 6.17. The number of sulfone groups is 1. The van der Waals surface area contributed by atoms with Crippen LogP contribution in [-0.4, -0.2) is 37.6 Å². The van der Waals surface area contributed by atoms with E-state index in [1.807, 2.05) is 0 Å². The van der Waals surface area contributed by atoms with Crippen LogP contribution >= 0.6 is 0 Å². The van der Waals surface area contributed by atoms with Gasteiger partial charge in [-0.1, -0.05) is 6.07 Å². The predicted octanol–water partition coefficient (Wildman–Crippen LogP) is 1.41. The first kappa shape index (κ1) is 17.0. The number of benzene rings is 1. The third-order valence-corrected chi connectivity index (χ3v) is 3.96. The topological polar surface area (TPSA) is 66.4 Å². The van der Waals surface area contributed by atoms with Gasteiger partial charge in [-0.05, 0) is 31.5 Å². The summed E-state index contributed by atoms with van der Waals surface area (Å²) in [5, 5.41) is 13.0. The number of halogens is 2. The monoisotopic (exact) mass is 307 g/mol. The zero-order valence-corrected chi connectivity index (χ0v) is 12.4. The molecule has 20 heavy (non-hydrogen) atoms. The van der Waals surface area contributed by atoms with E-state index >= 15 is 0 Å². The van der Waals surface area contributed by atoms with Gasteiger partial charge < -0.3 is 10.4 Å². The van der Waals surface area contributed by atoms with Crippen molar-refractivity contribution in [2.75, 3.05) is 12.0 Å². The van der Waals surface area contributed by atoms with E-state index in [2.05, 4.69) is 5.32 Å². The lowest BCUT2D eigenvalue weighted by Gasteiger charge is -2.24. The molecule has 0 saturated carbocycles. The quantitative estimate of drug-likeness (QED) is 0.834. The lowest BCUT2D eigenvalue weighted by atomic mass is 10.0. The zero-order chi connectivity index (χ0) is 15.5. The van der Waals surface area contributed by atoms with Crippen LogP contribution in [0.5, 0.6) is 0 Å². The van der Waals surface area contributed by atoms with Gasteiger partial charge in [0.15, 0.2) is 11.6 Å². The molecule has 1 rings (SSSR count).